The third kappa shape index (κ3) is 4.52. The minimum atomic E-state index is -3.56. The van der Waals surface area contributed by atoms with Crippen LogP contribution in [0.1, 0.15) is 12.5 Å². The maximum Gasteiger partial charge on any atom is 0.243 e. The number of aryl methyl sites for hydroxylation is 1. The van der Waals surface area contributed by atoms with E-state index in [9.17, 15) is 12.8 Å². The average Bonchev–Trinajstić information content (AvgIpc) is 2.76. The van der Waals surface area contributed by atoms with Crippen LogP contribution >= 0.6 is 0 Å². The van der Waals surface area contributed by atoms with E-state index >= 15 is 0 Å². The standard InChI is InChI=1S/C22H23FN4O3S/c1-16-12-18(23)8-9-20(16)30-22-13-21(24-15-25-22)26-10-11-27(17(2)14-26)31(28,29)19-6-4-3-5-7-19/h3-9,12-13,15,17H,10-11,14H2,1-2H3/t17-/m0/s1. The molecule has 2 aromatic carbocycles. The van der Waals surface area contributed by atoms with Crippen LogP contribution in [0.4, 0.5) is 10.2 Å². The fraction of sp³-hybridized carbons (Fsp3) is 0.273. The topological polar surface area (TPSA) is 75.6 Å². The Morgan fingerprint density at radius 1 is 1.06 bits per heavy atom. The molecule has 0 unspecified atom stereocenters. The highest BCUT2D eigenvalue weighted by Gasteiger charge is 2.34. The lowest BCUT2D eigenvalue weighted by atomic mass is 10.2. The van der Waals surface area contributed by atoms with E-state index in [2.05, 4.69) is 9.97 Å². The van der Waals surface area contributed by atoms with Gasteiger partial charge in [0.25, 0.3) is 0 Å². The smallest absolute Gasteiger partial charge is 0.243 e. The summed E-state index contributed by atoms with van der Waals surface area (Å²) in [4.78, 5) is 10.8. The highest BCUT2D eigenvalue weighted by molar-refractivity contribution is 7.89. The zero-order valence-electron chi connectivity index (χ0n) is 17.3. The molecule has 1 aliphatic heterocycles. The third-order valence-electron chi connectivity index (χ3n) is 5.22. The Balaban J connectivity index is 1.49. The van der Waals surface area contributed by atoms with Crippen LogP contribution in [0.15, 0.2) is 65.8 Å². The molecule has 1 saturated heterocycles. The predicted molar refractivity (Wildman–Crippen MR) is 115 cm³/mol. The van der Waals surface area contributed by atoms with Crippen LogP contribution in [0.25, 0.3) is 0 Å². The SMILES string of the molecule is Cc1cc(F)ccc1Oc1cc(N2CCN(S(=O)(=O)c3ccccc3)[C@@H](C)C2)ncn1. The van der Waals surface area contributed by atoms with Gasteiger partial charge in [0.15, 0.2) is 0 Å². The lowest BCUT2D eigenvalue weighted by Gasteiger charge is -2.39. The lowest BCUT2D eigenvalue weighted by Crippen LogP contribution is -2.54. The molecule has 1 aliphatic rings. The summed E-state index contributed by atoms with van der Waals surface area (Å²) < 4.78 is 46.6. The fourth-order valence-corrected chi connectivity index (χ4v) is 5.27. The van der Waals surface area contributed by atoms with Crippen molar-refractivity contribution < 1.29 is 17.5 Å². The number of nitrogens with zero attached hydrogens (tertiary/aromatic N) is 4. The summed E-state index contributed by atoms with van der Waals surface area (Å²) in [6.07, 6.45) is 1.40. The van der Waals surface area contributed by atoms with Crippen LogP contribution in [-0.4, -0.2) is 48.4 Å². The van der Waals surface area contributed by atoms with Gasteiger partial charge in [-0.3, -0.25) is 0 Å². The van der Waals surface area contributed by atoms with Gasteiger partial charge in [-0.1, -0.05) is 18.2 Å². The highest BCUT2D eigenvalue weighted by atomic mass is 32.2. The molecule has 7 nitrogen and oxygen atoms in total. The molecule has 1 aromatic heterocycles. The fourth-order valence-electron chi connectivity index (χ4n) is 3.63. The summed E-state index contributed by atoms with van der Waals surface area (Å²) in [6, 6.07) is 14.2. The number of sulfonamides is 1. The number of hydrogen-bond acceptors (Lipinski definition) is 6. The molecule has 3 aromatic rings. The number of anilines is 1. The molecular formula is C22H23FN4O3S. The molecule has 4 rings (SSSR count). The summed E-state index contributed by atoms with van der Waals surface area (Å²) in [7, 11) is -3.56. The highest BCUT2D eigenvalue weighted by Crippen LogP contribution is 2.28. The minimum Gasteiger partial charge on any atom is -0.439 e. The zero-order valence-corrected chi connectivity index (χ0v) is 18.1. The molecule has 0 radical (unpaired) electrons. The van der Waals surface area contributed by atoms with Crippen LogP contribution in [0.3, 0.4) is 0 Å². The third-order valence-corrected chi connectivity index (χ3v) is 7.25. The zero-order chi connectivity index (χ0) is 22.0. The summed E-state index contributed by atoms with van der Waals surface area (Å²) in [5, 5.41) is 0. The maximum atomic E-state index is 13.3. The normalized spacial score (nSPS) is 17.5. The maximum absolute atomic E-state index is 13.3. The summed E-state index contributed by atoms with van der Waals surface area (Å²) in [6.45, 7) is 4.96. The molecule has 1 atom stereocenters. The Kier molecular flexibility index (Phi) is 5.88. The Bertz CT molecular complexity index is 1170. The second-order valence-electron chi connectivity index (χ2n) is 7.45. The van der Waals surface area contributed by atoms with Gasteiger partial charge >= 0.3 is 0 Å². The first-order valence-corrected chi connectivity index (χ1v) is 11.4. The molecule has 0 amide bonds. The van der Waals surface area contributed by atoms with Gasteiger partial charge in [0.05, 0.1) is 4.90 Å². The first-order chi connectivity index (χ1) is 14.8. The van der Waals surface area contributed by atoms with Crippen molar-refractivity contribution in [1.82, 2.24) is 14.3 Å². The van der Waals surface area contributed by atoms with Crippen molar-refractivity contribution in [1.29, 1.82) is 0 Å². The Hall–Kier alpha value is -3.04. The van der Waals surface area contributed by atoms with Crippen LogP contribution in [-0.2, 0) is 10.0 Å². The Morgan fingerprint density at radius 2 is 1.84 bits per heavy atom. The van der Waals surface area contributed by atoms with Gasteiger partial charge in [0, 0.05) is 31.7 Å². The van der Waals surface area contributed by atoms with Crippen LogP contribution in [0.2, 0.25) is 0 Å². The molecule has 0 aliphatic carbocycles. The van der Waals surface area contributed by atoms with Gasteiger partial charge < -0.3 is 9.64 Å². The van der Waals surface area contributed by atoms with E-state index in [0.29, 0.717) is 47.5 Å². The van der Waals surface area contributed by atoms with Gasteiger partial charge in [-0.2, -0.15) is 4.31 Å². The van der Waals surface area contributed by atoms with Gasteiger partial charge in [0.1, 0.15) is 23.7 Å². The van der Waals surface area contributed by atoms with Gasteiger partial charge in [-0.25, -0.2) is 22.8 Å². The molecule has 0 bridgehead atoms. The number of piperazine rings is 1. The predicted octanol–water partition coefficient (Wildman–Crippen LogP) is 3.62. The van der Waals surface area contributed by atoms with Crippen molar-refractivity contribution >= 4 is 15.8 Å². The number of hydrogen-bond donors (Lipinski definition) is 0. The Labute approximate surface area is 181 Å². The molecule has 2 heterocycles. The molecule has 1 fully saturated rings. The van der Waals surface area contributed by atoms with Crippen molar-refractivity contribution in [3.05, 3.63) is 72.3 Å². The molecule has 162 valence electrons. The van der Waals surface area contributed by atoms with E-state index in [-0.39, 0.29) is 11.9 Å². The van der Waals surface area contributed by atoms with Crippen LogP contribution in [0, 0.1) is 12.7 Å². The first-order valence-electron chi connectivity index (χ1n) is 9.92. The van der Waals surface area contributed by atoms with Crippen molar-refractivity contribution in [3.63, 3.8) is 0 Å². The largest absolute Gasteiger partial charge is 0.439 e. The average molecular weight is 443 g/mol. The van der Waals surface area contributed by atoms with E-state index in [0.717, 1.165) is 0 Å². The first kappa shape index (κ1) is 21.2. The number of rotatable bonds is 5. The van der Waals surface area contributed by atoms with Crippen molar-refractivity contribution in [2.24, 2.45) is 0 Å². The van der Waals surface area contributed by atoms with Crippen molar-refractivity contribution in [2.45, 2.75) is 24.8 Å². The molecule has 31 heavy (non-hydrogen) atoms. The van der Waals surface area contributed by atoms with Crippen molar-refractivity contribution in [3.8, 4) is 11.6 Å². The van der Waals surface area contributed by atoms with Crippen LogP contribution in [0.5, 0.6) is 11.6 Å². The van der Waals surface area contributed by atoms with Gasteiger partial charge in [-0.15, -0.1) is 0 Å². The summed E-state index contributed by atoms with van der Waals surface area (Å²) >= 11 is 0. The molecule has 9 heteroatoms. The van der Waals surface area contributed by atoms with E-state index in [4.69, 9.17) is 4.74 Å². The summed E-state index contributed by atoms with van der Waals surface area (Å²) in [5.74, 6) is 1.17. The Morgan fingerprint density at radius 3 is 2.55 bits per heavy atom. The molecule has 0 spiro atoms. The summed E-state index contributed by atoms with van der Waals surface area (Å²) in [5.41, 5.74) is 0.661. The number of ether oxygens (including phenoxy) is 1. The van der Waals surface area contributed by atoms with Gasteiger partial charge in [-0.05, 0) is 49.7 Å². The lowest BCUT2D eigenvalue weighted by molar-refractivity contribution is 0.305. The monoisotopic (exact) mass is 442 g/mol. The molecule has 0 N–H and O–H groups in total. The van der Waals surface area contributed by atoms with Crippen LogP contribution < -0.4 is 9.64 Å². The number of benzene rings is 2. The minimum absolute atomic E-state index is 0.238. The van der Waals surface area contributed by atoms with E-state index in [1.165, 1.54) is 22.8 Å². The van der Waals surface area contributed by atoms with E-state index in [1.54, 1.807) is 49.4 Å². The quantitative estimate of drug-likeness (QED) is 0.601. The van der Waals surface area contributed by atoms with Gasteiger partial charge in [0.2, 0.25) is 15.9 Å². The van der Waals surface area contributed by atoms with Crippen molar-refractivity contribution in [2.75, 3.05) is 24.5 Å². The van der Waals surface area contributed by atoms with E-state index in [1.807, 2.05) is 11.8 Å². The number of aromatic nitrogens is 2. The second kappa shape index (κ2) is 8.60. The second-order valence-corrected chi connectivity index (χ2v) is 9.34. The molecule has 0 saturated carbocycles. The molecular weight excluding hydrogens is 419 g/mol. The number of halogens is 1. The van der Waals surface area contributed by atoms with E-state index < -0.39 is 10.0 Å².